The van der Waals surface area contributed by atoms with Gasteiger partial charge in [0, 0.05) is 24.7 Å². The SMILES string of the molecule is Clc1ccc(OCCNCC2CCOC2)cc1. The molecular weight excluding hydrogens is 238 g/mol. The number of ether oxygens (including phenoxy) is 2. The first-order valence-corrected chi connectivity index (χ1v) is 6.39. The van der Waals surface area contributed by atoms with Gasteiger partial charge < -0.3 is 14.8 Å². The highest BCUT2D eigenvalue weighted by atomic mass is 35.5. The lowest BCUT2D eigenvalue weighted by molar-refractivity contribution is 0.185. The van der Waals surface area contributed by atoms with Crippen LogP contribution in [0.2, 0.25) is 5.02 Å². The van der Waals surface area contributed by atoms with Crippen molar-refractivity contribution in [3.63, 3.8) is 0 Å². The number of nitrogens with one attached hydrogen (secondary N) is 1. The molecule has 2 rings (SSSR count). The first kappa shape index (κ1) is 12.7. The molecule has 1 fully saturated rings. The largest absolute Gasteiger partial charge is 0.492 e. The molecule has 1 aliphatic rings. The molecule has 0 bridgehead atoms. The third-order valence-electron chi connectivity index (χ3n) is 2.82. The van der Waals surface area contributed by atoms with E-state index in [1.165, 1.54) is 6.42 Å². The maximum atomic E-state index is 5.79. The third kappa shape index (κ3) is 4.54. The Labute approximate surface area is 107 Å². The molecule has 1 saturated heterocycles. The summed E-state index contributed by atoms with van der Waals surface area (Å²) in [4.78, 5) is 0. The van der Waals surface area contributed by atoms with Crippen molar-refractivity contribution in [2.75, 3.05) is 32.9 Å². The molecule has 0 amide bonds. The Morgan fingerprint density at radius 3 is 2.88 bits per heavy atom. The summed E-state index contributed by atoms with van der Waals surface area (Å²) in [6, 6.07) is 7.43. The summed E-state index contributed by atoms with van der Waals surface area (Å²) in [5, 5.41) is 4.11. The molecule has 17 heavy (non-hydrogen) atoms. The van der Waals surface area contributed by atoms with Gasteiger partial charge in [-0.2, -0.15) is 0 Å². The molecule has 1 aliphatic heterocycles. The molecule has 0 aromatic heterocycles. The van der Waals surface area contributed by atoms with Crippen LogP contribution >= 0.6 is 11.6 Å². The molecule has 0 saturated carbocycles. The molecule has 0 radical (unpaired) electrons. The molecule has 3 nitrogen and oxygen atoms in total. The van der Waals surface area contributed by atoms with Gasteiger partial charge in [-0.1, -0.05) is 11.6 Å². The second-order valence-corrected chi connectivity index (χ2v) is 4.67. The van der Waals surface area contributed by atoms with Gasteiger partial charge in [0.05, 0.1) is 6.61 Å². The van der Waals surface area contributed by atoms with E-state index in [9.17, 15) is 0 Å². The molecule has 4 heteroatoms. The van der Waals surface area contributed by atoms with Gasteiger partial charge >= 0.3 is 0 Å². The summed E-state index contributed by atoms with van der Waals surface area (Å²) in [5.74, 6) is 1.53. The number of hydrogen-bond donors (Lipinski definition) is 1. The zero-order chi connectivity index (χ0) is 11.9. The average molecular weight is 256 g/mol. The van der Waals surface area contributed by atoms with Crippen LogP contribution in [0.25, 0.3) is 0 Å². The minimum Gasteiger partial charge on any atom is -0.492 e. The topological polar surface area (TPSA) is 30.5 Å². The summed E-state index contributed by atoms with van der Waals surface area (Å²) in [6.45, 7) is 4.36. The van der Waals surface area contributed by atoms with E-state index in [1.807, 2.05) is 24.3 Å². The fourth-order valence-corrected chi connectivity index (χ4v) is 1.95. The van der Waals surface area contributed by atoms with Crippen LogP contribution in [-0.4, -0.2) is 32.9 Å². The van der Waals surface area contributed by atoms with Crippen LogP contribution in [-0.2, 0) is 4.74 Å². The zero-order valence-electron chi connectivity index (χ0n) is 9.82. The summed E-state index contributed by atoms with van der Waals surface area (Å²) in [6.07, 6.45) is 1.17. The predicted molar refractivity (Wildman–Crippen MR) is 68.7 cm³/mol. The monoisotopic (exact) mass is 255 g/mol. The van der Waals surface area contributed by atoms with E-state index in [0.717, 1.165) is 37.1 Å². The van der Waals surface area contributed by atoms with Crippen LogP contribution in [0.5, 0.6) is 5.75 Å². The van der Waals surface area contributed by atoms with Crippen molar-refractivity contribution < 1.29 is 9.47 Å². The molecule has 1 N–H and O–H groups in total. The van der Waals surface area contributed by atoms with Gasteiger partial charge in [0.25, 0.3) is 0 Å². The van der Waals surface area contributed by atoms with Crippen molar-refractivity contribution in [2.24, 2.45) is 5.92 Å². The van der Waals surface area contributed by atoms with Crippen LogP contribution in [0.4, 0.5) is 0 Å². The Balaban J connectivity index is 1.55. The molecule has 1 unspecified atom stereocenters. The quantitative estimate of drug-likeness (QED) is 0.792. The molecule has 94 valence electrons. The molecule has 1 aromatic carbocycles. The lowest BCUT2D eigenvalue weighted by Crippen LogP contribution is -2.27. The zero-order valence-corrected chi connectivity index (χ0v) is 10.6. The summed E-state index contributed by atoms with van der Waals surface area (Å²) < 4.78 is 10.9. The fraction of sp³-hybridized carbons (Fsp3) is 0.538. The van der Waals surface area contributed by atoms with E-state index in [4.69, 9.17) is 21.1 Å². The molecule has 1 aromatic rings. The van der Waals surface area contributed by atoms with Crippen molar-refractivity contribution in [3.05, 3.63) is 29.3 Å². The van der Waals surface area contributed by atoms with E-state index in [-0.39, 0.29) is 0 Å². The minimum absolute atomic E-state index is 0.672. The Hall–Kier alpha value is -0.770. The van der Waals surface area contributed by atoms with Gasteiger partial charge in [0.1, 0.15) is 12.4 Å². The van der Waals surface area contributed by atoms with Crippen molar-refractivity contribution in [1.29, 1.82) is 0 Å². The van der Waals surface area contributed by atoms with E-state index in [2.05, 4.69) is 5.32 Å². The van der Waals surface area contributed by atoms with Gasteiger partial charge in [-0.3, -0.25) is 0 Å². The maximum absolute atomic E-state index is 5.79. The Kier molecular flexibility index (Phi) is 5.10. The number of hydrogen-bond acceptors (Lipinski definition) is 3. The fourth-order valence-electron chi connectivity index (χ4n) is 1.82. The normalized spacial score (nSPS) is 19.5. The smallest absolute Gasteiger partial charge is 0.119 e. The number of benzene rings is 1. The molecule has 1 atom stereocenters. The molecular formula is C13H18ClNO2. The average Bonchev–Trinajstić information content (AvgIpc) is 2.84. The maximum Gasteiger partial charge on any atom is 0.119 e. The third-order valence-corrected chi connectivity index (χ3v) is 3.07. The summed E-state index contributed by atoms with van der Waals surface area (Å²) >= 11 is 5.79. The lowest BCUT2D eigenvalue weighted by atomic mass is 10.1. The Bertz CT molecular complexity index is 323. The number of rotatable bonds is 6. The van der Waals surface area contributed by atoms with Gasteiger partial charge in [-0.15, -0.1) is 0 Å². The van der Waals surface area contributed by atoms with Crippen LogP contribution in [0.15, 0.2) is 24.3 Å². The predicted octanol–water partition coefficient (Wildman–Crippen LogP) is 2.34. The van der Waals surface area contributed by atoms with Gasteiger partial charge in [-0.25, -0.2) is 0 Å². The first-order chi connectivity index (χ1) is 8.34. The van der Waals surface area contributed by atoms with Crippen LogP contribution in [0.1, 0.15) is 6.42 Å². The van der Waals surface area contributed by atoms with Crippen molar-refractivity contribution in [2.45, 2.75) is 6.42 Å². The van der Waals surface area contributed by atoms with E-state index < -0.39 is 0 Å². The molecule has 1 heterocycles. The van der Waals surface area contributed by atoms with Gasteiger partial charge in [-0.05, 0) is 36.6 Å². The summed E-state index contributed by atoms with van der Waals surface area (Å²) in [7, 11) is 0. The lowest BCUT2D eigenvalue weighted by Gasteiger charge is -2.10. The van der Waals surface area contributed by atoms with Crippen molar-refractivity contribution >= 4 is 11.6 Å². The molecule has 0 spiro atoms. The van der Waals surface area contributed by atoms with Gasteiger partial charge in [0.15, 0.2) is 0 Å². The van der Waals surface area contributed by atoms with Crippen LogP contribution in [0.3, 0.4) is 0 Å². The first-order valence-electron chi connectivity index (χ1n) is 6.01. The highest BCUT2D eigenvalue weighted by molar-refractivity contribution is 6.30. The second kappa shape index (κ2) is 6.84. The number of halogens is 1. The Morgan fingerprint density at radius 2 is 2.18 bits per heavy atom. The van der Waals surface area contributed by atoms with Crippen LogP contribution < -0.4 is 10.1 Å². The van der Waals surface area contributed by atoms with Crippen molar-refractivity contribution in [3.8, 4) is 5.75 Å². The van der Waals surface area contributed by atoms with Crippen LogP contribution in [0, 0.1) is 5.92 Å². The van der Waals surface area contributed by atoms with Gasteiger partial charge in [0.2, 0.25) is 0 Å². The van der Waals surface area contributed by atoms with E-state index in [0.29, 0.717) is 12.5 Å². The standard InChI is InChI=1S/C13H18ClNO2/c14-12-1-3-13(4-2-12)17-8-6-15-9-11-5-7-16-10-11/h1-4,11,15H,5-10H2. The Morgan fingerprint density at radius 1 is 1.35 bits per heavy atom. The van der Waals surface area contributed by atoms with E-state index in [1.54, 1.807) is 0 Å². The highest BCUT2D eigenvalue weighted by Crippen LogP contribution is 2.15. The minimum atomic E-state index is 0.672. The summed E-state index contributed by atoms with van der Waals surface area (Å²) in [5.41, 5.74) is 0. The van der Waals surface area contributed by atoms with Crippen molar-refractivity contribution in [1.82, 2.24) is 5.32 Å². The van der Waals surface area contributed by atoms with E-state index >= 15 is 0 Å². The molecule has 0 aliphatic carbocycles. The highest BCUT2D eigenvalue weighted by Gasteiger charge is 2.14. The second-order valence-electron chi connectivity index (χ2n) is 4.24.